The first-order chi connectivity index (χ1) is 22.0. The number of fused-ring (bicyclic) bond motifs is 1. The summed E-state index contributed by atoms with van der Waals surface area (Å²) in [5, 5.41) is 28.5. The Hall–Kier alpha value is -5.16. The number of benzene rings is 3. The van der Waals surface area contributed by atoms with Crippen molar-refractivity contribution in [2.24, 2.45) is 11.7 Å². The van der Waals surface area contributed by atoms with Gasteiger partial charge in [0.25, 0.3) is 0 Å². The summed E-state index contributed by atoms with van der Waals surface area (Å²) in [6, 6.07) is 18.5. The van der Waals surface area contributed by atoms with Crippen LogP contribution in [0.4, 0.5) is 0 Å². The van der Waals surface area contributed by atoms with Crippen LogP contribution in [0.5, 0.6) is 5.75 Å². The zero-order chi connectivity index (χ0) is 33.2. The summed E-state index contributed by atoms with van der Waals surface area (Å²) in [4.78, 5) is 55.8. The number of nitrogens with one attached hydrogen (secondary N) is 4. The molecule has 11 nitrogen and oxygen atoms in total. The van der Waals surface area contributed by atoms with Crippen molar-refractivity contribution in [2.45, 2.75) is 63.7 Å². The van der Waals surface area contributed by atoms with Crippen LogP contribution in [0, 0.1) is 5.92 Å². The van der Waals surface area contributed by atoms with E-state index in [0.29, 0.717) is 0 Å². The fourth-order valence-corrected chi connectivity index (χ4v) is 5.28. The van der Waals surface area contributed by atoms with Crippen LogP contribution in [0.1, 0.15) is 37.0 Å². The number of aromatic amines is 1. The molecule has 0 spiro atoms. The van der Waals surface area contributed by atoms with E-state index in [2.05, 4.69) is 20.9 Å². The fraction of sp³-hybridized carbons (Fsp3) is 0.314. The van der Waals surface area contributed by atoms with Gasteiger partial charge in [0.05, 0.1) is 6.04 Å². The third kappa shape index (κ3) is 9.42. The second-order valence-corrected chi connectivity index (χ2v) is 11.9. The minimum Gasteiger partial charge on any atom is -0.508 e. The third-order valence-electron chi connectivity index (χ3n) is 7.70. The van der Waals surface area contributed by atoms with Crippen LogP contribution in [-0.2, 0) is 38.4 Å². The van der Waals surface area contributed by atoms with Gasteiger partial charge < -0.3 is 36.9 Å². The van der Waals surface area contributed by atoms with E-state index in [4.69, 9.17) is 5.73 Å². The maximum Gasteiger partial charge on any atom is 0.326 e. The number of aromatic hydroxyl groups is 1. The van der Waals surface area contributed by atoms with Gasteiger partial charge in [-0.2, -0.15) is 0 Å². The Kier molecular flexibility index (Phi) is 11.5. The van der Waals surface area contributed by atoms with Crippen molar-refractivity contribution in [1.82, 2.24) is 20.9 Å². The molecular formula is C35H41N5O6. The standard InChI is InChI=1S/C35H41N5O6/c1-21(2)16-29(38-32(42)27(36)17-23-12-14-25(41)15-13-23)33(43)39-30(18-22-8-4-3-5-9-22)34(44)40-31(35(45)46)19-24-20-37-28-11-7-6-10-26(24)28/h3-15,20-21,27,29-31,37,41H,16-19,36H2,1-2H3,(H,38,42)(H,39,43)(H,40,44)(H,45,46). The average molecular weight is 628 g/mol. The van der Waals surface area contributed by atoms with Crippen LogP contribution in [-0.4, -0.2) is 63.1 Å². The minimum atomic E-state index is -1.26. The Morgan fingerprint density at radius 1 is 0.717 bits per heavy atom. The number of para-hydroxylation sites is 1. The lowest BCUT2D eigenvalue weighted by Crippen LogP contribution is -2.58. The SMILES string of the molecule is CC(C)CC(NC(=O)C(N)Cc1ccc(O)cc1)C(=O)NC(Cc1ccccc1)C(=O)NC(Cc1c[nH]c2ccccc12)C(=O)O. The maximum atomic E-state index is 13.7. The van der Waals surface area contributed by atoms with Gasteiger partial charge in [0.15, 0.2) is 0 Å². The molecule has 0 saturated heterocycles. The molecular weight excluding hydrogens is 586 g/mol. The topological polar surface area (TPSA) is 187 Å². The normalized spacial score (nSPS) is 13.8. The number of carbonyl (C=O) groups excluding carboxylic acids is 3. The van der Waals surface area contributed by atoms with Crippen LogP contribution < -0.4 is 21.7 Å². The van der Waals surface area contributed by atoms with Crippen LogP contribution in [0.25, 0.3) is 10.9 Å². The van der Waals surface area contributed by atoms with E-state index >= 15 is 0 Å². The Labute approximate surface area is 267 Å². The molecule has 1 aromatic heterocycles. The number of hydrogen-bond acceptors (Lipinski definition) is 6. The smallest absolute Gasteiger partial charge is 0.326 e. The number of H-pyrrole nitrogens is 1. The number of phenols is 1. The minimum absolute atomic E-state index is 0.0123. The number of rotatable bonds is 15. The zero-order valence-electron chi connectivity index (χ0n) is 25.9. The van der Waals surface area contributed by atoms with Crippen LogP contribution in [0.3, 0.4) is 0 Å². The summed E-state index contributed by atoms with van der Waals surface area (Å²) in [5.74, 6) is -2.89. The van der Waals surface area contributed by atoms with Gasteiger partial charge in [-0.15, -0.1) is 0 Å². The molecule has 3 aromatic carbocycles. The largest absolute Gasteiger partial charge is 0.508 e. The molecule has 46 heavy (non-hydrogen) atoms. The van der Waals surface area contributed by atoms with E-state index in [1.54, 1.807) is 30.5 Å². The van der Waals surface area contributed by atoms with Crippen molar-refractivity contribution in [3.05, 3.63) is 102 Å². The van der Waals surface area contributed by atoms with Gasteiger partial charge in [0, 0.05) is 29.9 Å². The van der Waals surface area contributed by atoms with E-state index < -0.39 is 47.9 Å². The van der Waals surface area contributed by atoms with E-state index in [0.717, 1.165) is 27.6 Å². The van der Waals surface area contributed by atoms with E-state index in [1.807, 2.05) is 56.3 Å². The number of carboxylic acids is 1. The van der Waals surface area contributed by atoms with Crippen molar-refractivity contribution in [1.29, 1.82) is 0 Å². The molecule has 8 N–H and O–H groups in total. The predicted octanol–water partition coefficient (Wildman–Crippen LogP) is 2.81. The second-order valence-electron chi connectivity index (χ2n) is 11.9. The predicted molar refractivity (Wildman–Crippen MR) is 175 cm³/mol. The fourth-order valence-electron chi connectivity index (χ4n) is 5.28. The molecule has 1 heterocycles. The van der Waals surface area contributed by atoms with Gasteiger partial charge >= 0.3 is 5.97 Å². The number of aromatic nitrogens is 1. The summed E-state index contributed by atoms with van der Waals surface area (Å²) in [6.45, 7) is 3.80. The maximum absolute atomic E-state index is 13.7. The molecule has 4 aromatic rings. The Morgan fingerprint density at radius 2 is 1.30 bits per heavy atom. The summed E-state index contributed by atoms with van der Waals surface area (Å²) < 4.78 is 0. The molecule has 4 unspecified atom stereocenters. The molecule has 4 rings (SSSR count). The first-order valence-electron chi connectivity index (χ1n) is 15.3. The molecule has 0 radical (unpaired) electrons. The highest BCUT2D eigenvalue weighted by molar-refractivity contribution is 5.94. The number of phenolic OH excluding ortho intramolecular Hbond substituents is 1. The lowest BCUT2D eigenvalue weighted by molar-refractivity contribution is -0.142. The van der Waals surface area contributed by atoms with Gasteiger partial charge in [-0.25, -0.2) is 4.79 Å². The molecule has 242 valence electrons. The Balaban J connectivity index is 1.50. The van der Waals surface area contributed by atoms with E-state index in [1.165, 1.54) is 12.1 Å². The first-order valence-corrected chi connectivity index (χ1v) is 15.3. The summed E-state index contributed by atoms with van der Waals surface area (Å²) >= 11 is 0. The highest BCUT2D eigenvalue weighted by atomic mass is 16.4. The first kappa shape index (κ1) is 33.7. The lowest BCUT2D eigenvalue weighted by Gasteiger charge is -2.26. The number of carbonyl (C=O) groups is 4. The van der Waals surface area contributed by atoms with Crippen molar-refractivity contribution in [3.8, 4) is 5.75 Å². The summed E-state index contributed by atoms with van der Waals surface area (Å²) in [7, 11) is 0. The average Bonchev–Trinajstić information content (AvgIpc) is 3.44. The highest BCUT2D eigenvalue weighted by Gasteiger charge is 2.31. The molecule has 0 aliphatic carbocycles. The number of nitrogens with two attached hydrogens (primary N) is 1. The van der Waals surface area contributed by atoms with Gasteiger partial charge in [-0.05, 0) is 53.6 Å². The second kappa shape index (κ2) is 15.7. The molecule has 0 aliphatic heterocycles. The Bertz CT molecular complexity index is 1640. The highest BCUT2D eigenvalue weighted by Crippen LogP contribution is 2.19. The number of hydrogen-bond donors (Lipinski definition) is 7. The monoisotopic (exact) mass is 627 g/mol. The van der Waals surface area contributed by atoms with Crippen molar-refractivity contribution < 1.29 is 29.4 Å². The van der Waals surface area contributed by atoms with Gasteiger partial charge in [-0.1, -0.05) is 74.5 Å². The zero-order valence-corrected chi connectivity index (χ0v) is 25.9. The van der Waals surface area contributed by atoms with E-state index in [9.17, 15) is 29.4 Å². The van der Waals surface area contributed by atoms with Crippen molar-refractivity contribution in [3.63, 3.8) is 0 Å². The Morgan fingerprint density at radius 3 is 1.98 bits per heavy atom. The molecule has 0 saturated carbocycles. The lowest BCUT2D eigenvalue weighted by atomic mass is 9.99. The van der Waals surface area contributed by atoms with Crippen molar-refractivity contribution in [2.75, 3.05) is 0 Å². The molecule has 0 aliphatic rings. The molecule has 0 bridgehead atoms. The van der Waals surface area contributed by atoms with Crippen molar-refractivity contribution >= 4 is 34.6 Å². The van der Waals surface area contributed by atoms with Crippen LogP contribution in [0.15, 0.2) is 85.1 Å². The molecule has 0 fully saturated rings. The van der Waals surface area contributed by atoms with E-state index in [-0.39, 0.29) is 37.4 Å². The van der Waals surface area contributed by atoms with Crippen LogP contribution >= 0.6 is 0 Å². The number of carboxylic acid groups (broad SMARTS) is 1. The number of amides is 3. The quantitative estimate of drug-likeness (QED) is 0.106. The molecule has 3 amide bonds. The van der Waals surface area contributed by atoms with Gasteiger partial charge in [0.2, 0.25) is 17.7 Å². The number of aliphatic carboxylic acids is 1. The summed E-state index contributed by atoms with van der Waals surface area (Å²) in [5.41, 5.74) is 9.24. The molecule has 11 heteroatoms. The summed E-state index contributed by atoms with van der Waals surface area (Å²) in [6.07, 6.45) is 2.32. The van der Waals surface area contributed by atoms with Crippen LogP contribution in [0.2, 0.25) is 0 Å². The van der Waals surface area contributed by atoms with Gasteiger partial charge in [-0.3, -0.25) is 14.4 Å². The molecule has 4 atom stereocenters. The van der Waals surface area contributed by atoms with Gasteiger partial charge in [0.1, 0.15) is 23.9 Å². The third-order valence-corrected chi connectivity index (χ3v) is 7.70.